The molecule has 1 aliphatic heterocycles. The molecule has 0 radical (unpaired) electrons. The molecule has 1 saturated heterocycles. The number of alkyl halides is 3. The molecule has 1 fully saturated rings. The van der Waals surface area contributed by atoms with Crippen LogP contribution in [-0.2, 0) is 10.9 Å². The molecule has 2 aromatic rings. The normalized spacial score (nSPS) is 18.9. The topological polar surface area (TPSA) is 55.5 Å². The largest absolute Gasteiger partial charge is 0.453 e. The number of aromatic nitrogens is 4. The van der Waals surface area contributed by atoms with Gasteiger partial charge in [0.15, 0.2) is 5.65 Å². The van der Waals surface area contributed by atoms with Crippen LogP contribution < -0.4 is 4.90 Å². The Morgan fingerprint density at radius 1 is 1.29 bits per heavy atom. The number of rotatable bonds is 5. The second-order valence-electron chi connectivity index (χ2n) is 5.92. The first-order chi connectivity index (χ1) is 11.5. The van der Waals surface area contributed by atoms with Gasteiger partial charge in [-0.1, -0.05) is 6.92 Å². The molecular weight excluding hydrogens is 323 g/mol. The van der Waals surface area contributed by atoms with E-state index in [1.54, 1.807) is 6.07 Å². The van der Waals surface area contributed by atoms with Crippen molar-refractivity contribution in [2.75, 3.05) is 24.6 Å². The molecule has 1 aliphatic rings. The first-order valence-corrected chi connectivity index (χ1v) is 8.15. The van der Waals surface area contributed by atoms with Crippen molar-refractivity contribution in [1.82, 2.24) is 19.8 Å². The van der Waals surface area contributed by atoms with Crippen LogP contribution in [0.5, 0.6) is 0 Å². The number of anilines is 1. The minimum Gasteiger partial charge on any atom is -0.376 e. The summed E-state index contributed by atoms with van der Waals surface area (Å²) in [4.78, 5) is 1.97. The monoisotopic (exact) mass is 343 g/mol. The predicted octanol–water partition coefficient (Wildman–Crippen LogP) is 2.93. The van der Waals surface area contributed by atoms with Gasteiger partial charge in [0.1, 0.15) is 5.82 Å². The van der Waals surface area contributed by atoms with Crippen molar-refractivity contribution in [2.45, 2.75) is 44.9 Å². The SMILES string of the molecule is CCCN(CC1CCCCO1)c1ccc2nnc(C(F)(F)F)n2n1. The number of nitrogens with zero attached hydrogens (tertiary/aromatic N) is 5. The fraction of sp³-hybridized carbons (Fsp3) is 0.667. The molecule has 0 saturated carbocycles. The van der Waals surface area contributed by atoms with Gasteiger partial charge < -0.3 is 9.64 Å². The summed E-state index contributed by atoms with van der Waals surface area (Å²) in [6.07, 6.45) is -0.507. The fourth-order valence-corrected chi connectivity index (χ4v) is 2.89. The van der Waals surface area contributed by atoms with E-state index in [1.165, 1.54) is 6.07 Å². The van der Waals surface area contributed by atoms with Gasteiger partial charge in [0.25, 0.3) is 5.82 Å². The third-order valence-corrected chi connectivity index (χ3v) is 4.02. The first kappa shape index (κ1) is 16.9. The van der Waals surface area contributed by atoms with Gasteiger partial charge in [-0.3, -0.25) is 0 Å². The lowest BCUT2D eigenvalue weighted by atomic mass is 10.1. The third kappa shape index (κ3) is 3.61. The summed E-state index contributed by atoms with van der Waals surface area (Å²) in [5.74, 6) is -0.631. The second-order valence-corrected chi connectivity index (χ2v) is 5.92. The molecule has 0 bridgehead atoms. The van der Waals surface area contributed by atoms with Gasteiger partial charge >= 0.3 is 6.18 Å². The second kappa shape index (κ2) is 6.92. The van der Waals surface area contributed by atoms with Crippen LogP contribution in [0, 0.1) is 0 Å². The maximum atomic E-state index is 13.0. The summed E-state index contributed by atoms with van der Waals surface area (Å²) >= 11 is 0. The maximum absolute atomic E-state index is 13.0. The highest BCUT2D eigenvalue weighted by Gasteiger charge is 2.37. The molecule has 132 valence electrons. The molecule has 2 aromatic heterocycles. The zero-order chi connectivity index (χ0) is 17.2. The van der Waals surface area contributed by atoms with E-state index in [0.717, 1.165) is 36.8 Å². The molecule has 1 unspecified atom stereocenters. The van der Waals surface area contributed by atoms with E-state index in [1.807, 2.05) is 11.8 Å². The summed E-state index contributed by atoms with van der Waals surface area (Å²) in [6.45, 7) is 4.07. The van der Waals surface area contributed by atoms with E-state index in [9.17, 15) is 13.2 Å². The van der Waals surface area contributed by atoms with E-state index < -0.39 is 12.0 Å². The lowest BCUT2D eigenvalue weighted by molar-refractivity contribution is -0.146. The minimum atomic E-state index is -4.59. The predicted molar refractivity (Wildman–Crippen MR) is 81.9 cm³/mol. The summed E-state index contributed by atoms with van der Waals surface area (Å²) in [7, 11) is 0. The summed E-state index contributed by atoms with van der Waals surface area (Å²) in [6, 6.07) is 3.19. The highest BCUT2D eigenvalue weighted by atomic mass is 19.4. The average Bonchev–Trinajstić information content (AvgIpc) is 2.98. The van der Waals surface area contributed by atoms with Crippen molar-refractivity contribution in [3.05, 3.63) is 18.0 Å². The van der Waals surface area contributed by atoms with Gasteiger partial charge in [-0.25, -0.2) is 0 Å². The molecule has 0 aromatic carbocycles. The van der Waals surface area contributed by atoms with Crippen molar-refractivity contribution in [2.24, 2.45) is 0 Å². The van der Waals surface area contributed by atoms with Crippen molar-refractivity contribution < 1.29 is 17.9 Å². The minimum absolute atomic E-state index is 0.0800. The molecule has 9 heteroatoms. The van der Waals surface area contributed by atoms with Crippen LogP contribution in [0.15, 0.2) is 12.1 Å². The van der Waals surface area contributed by atoms with Gasteiger partial charge in [-0.05, 0) is 37.8 Å². The molecular formula is C15H20F3N5O. The van der Waals surface area contributed by atoms with Gasteiger partial charge in [-0.15, -0.1) is 15.3 Å². The van der Waals surface area contributed by atoms with E-state index in [2.05, 4.69) is 15.3 Å². The highest BCUT2D eigenvalue weighted by Crippen LogP contribution is 2.28. The van der Waals surface area contributed by atoms with E-state index >= 15 is 0 Å². The Morgan fingerprint density at radius 2 is 2.12 bits per heavy atom. The van der Waals surface area contributed by atoms with Crippen LogP contribution in [0.4, 0.5) is 19.0 Å². The lowest BCUT2D eigenvalue weighted by Gasteiger charge is -2.30. The molecule has 3 heterocycles. The molecule has 1 atom stereocenters. The van der Waals surface area contributed by atoms with Crippen LogP contribution in [0.1, 0.15) is 38.4 Å². The fourth-order valence-electron chi connectivity index (χ4n) is 2.89. The summed E-state index contributed by atoms with van der Waals surface area (Å²) in [5, 5.41) is 10.9. The standard InChI is InChI=1S/C15H20F3N5O/c1-2-8-22(10-11-5-3-4-9-24-11)13-7-6-12-19-20-14(15(16,17)18)23(12)21-13/h6-7,11H,2-5,8-10H2,1H3. The van der Waals surface area contributed by atoms with Crippen molar-refractivity contribution in [1.29, 1.82) is 0 Å². The average molecular weight is 343 g/mol. The van der Waals surface area contributed by atoms with Crippen molar-refractivity contribution in [3.8, 4) is 0 Å². The van der Waals surface area contributed by atoms with Crippen LogP contribution >= 0.6 is 0 Å². The number of halogens is 3. The Morgan fingerprint density at radius 3 is 2.79 bits per heavy atom. The Labute approximate surface area is 137 Å². The summed E-state index contributed by atoms with van der Waals surface area (Å²) in [5.41, 5.74) is 0.0800. The van der Waals surface area contributed by atoms with Crippen LogP contribution in [0.25, 0.3) is 5.65 Å². The smallest absolute Gasteiger partial charge is 0.376 e. The zero-order valence-electron chi connectivity index (χ0n) is 13.5. The van der Waals surface area contributed by atoms with Crippen molar-refractivity contribution >= 4 is 11.5 Å². The maximum Gasteiger partial charge on any atom is 0.453 e. The Balaban J connectivity index is 1.89. The van der Waals surface area contributed by atoms with Gasteiger partial charge in [0, 0.05) is 19.7 Å². The van der Waals surface area contributed by atoms with Gasteiger partial charge in [0.05, 0.1) is 6.10 Å². The van der Waals surface area contributed by atoms with Crippen LogP contribution in [0.3, 0.4) is 0 Å². The highest BCUT2D eigenvalue weighted by molar-refractivity contribution is 5.46. The van der Waals surface area contributed by atoms with E-state index in [0.29, 0.717) is 18.9 Å². The Hall–Kier alpha value is -1.90. The van der Waals surface area contributed by atoms with Crippen LogP contribution in [0.2, 0.25) is 0 Å². The third-order valence-electron chi connectivity index (χ3n) is 4.02. The molecule has 0 aliphatic carbocycles. The molecule has 0 amide bonds. The van der Waals surface area contributed by atoms with Crippen molar-refractivity contribution in [3.63, 3.8) is 0 Å². The van der Waals surface area contributed by atoms with E-state index in [4.69, 9.17) is 4.74 Å². The molecule has 0 spiro atoms. The van der Waals surface area contributed by atoms with Gasteiger partial charge in [0.2, 0.25) is 0 Å². The number of hydrogen-bond donors (Lipinski definition) is 0. The summed E-state index contributed by atoms with van der Waals surface area (Å²) < 4.78 is 45.5. The van der Waals surface area contributed by atoms with Gasteiger partial charge in [-0.2, -0.15) is 17.7 Å². The Bertz CT molecular complexity index is 681. The molecule has 3 rings (SSSR count). The van der Waals surface area contributed by atoms with Crippen LogP contribution in [-0.4, -0.2) is 45.6 Å². The molecule has 6 nitrogen and oxygen atoms in total. The lowest BCUT2D eigenvalue weighted by Crippen LogP contribution is -2.37. The zero-order valence-corrected chi connectivity index (χ0v) is 13.5. The number of fused-ring (bicyclic) bond motifs is 1. The van der Waals surface area contributed by atoms with E-state index in [-0.39, 0.29) is 11.8 Å². The molecule has 0 N–H and O–H groups in total. The first-order valence-electron chi connectivity index (χ1n) is 8.15. The number of hydrogen-bond acceptors (Lipinski definition) is 5. The molecule has 24 heavy (non-hydrogen) atoms. The number of ether oxygens (including phenoxy) is 1. The quantitative estimate of drug-likeness (QED) is 0.835. The Kier molecular flexibility index (Phi) is 4.88.